The van der Waals surface area contributed by atoms with Crippen molar-refractivity contribution >= 4 is 35.2 Å². The quantitative estimate of drug-likeness (QED) is 0.0550. The number of hydrogen-bond acceptors (Lipinski definition) is 11. The molecule has 0 fully saturated rings. The molecule has 54 heavy (non-hydrogen) atoms. The Bertz CT molecular complexity index is 1380. The Morgan fingerprint density at radius 3 is 2.31 bits per heavy atom. The summed E-state index contributed by atoms with van der Waals surface area (Å²) in [5, 5.41) is 5.46. The van der Waals surface area contributed by atoms with Crippen molar-refractivity contribution in [1.29, 1.82) is 0 Å². The first kappa shape index (κ1) is 46.5. The topological polar surface area (TPSA) is 183 Å². The number of thiazole rings is 1. The van der Waals surface area contributed by atoms with Gasteiger partial charge >= 0.3 is 6.09 Å². The molecule has 2 aromatic rings. The molecule has 4 amide bonds. The number of nitrogens with two attached hydrogens (primary N) is 1. The van der Waals surface area contributed by atoms with Crippen molar-refractivity contribution < 1.29 is 38.1 Å². The largest absolute Gasteiger partial charge is 0.446 e. The van der Waals surface area contributed by atoms with Gasteiger partial charge in [-0.1, -0.05) is 78.3 Å². The van der Waals surface area contributed by atoms with E-state index in [1.165, 1.54) is 11.3 Å². The molecule has 1 heterocycles. The zero-order valence-electron chi connectivity index (χ0n) is 33.3. The van der Waals surface area contributed by atoms with Crippen LogP contribution in [0, 0.1) is 17.8 Å². The molecule has 5 N–H and O–H groups in total. The van der Waals surface area contributed by atoms with Crippen molar-refractivity contribution in [3.8, 4) is 0 Å². The van der Waals surface area contributed by atoms with Gasteiger partial charge in [-0.25, -0.2) is 15.2 Å². The summed E-state index contributed by atoms with van der Waals surface area (Å²) in [6.07, 6.45) is 2.14. The summed E-state index contributed by atoms with van der Waals surface area (Å²) in [5.74, 6) is -0.977. The molecule has 0 radical (unpaired) electrons. The maximum Gasteiger partial charge on any atom is 0.426 e. The van der Waals surface area contributed by atoms with E-state index in [2.05, 4.69) is 43.9 Å². The maximum atomic E-state index is 13.7. The van der Waals surface area contributed by atoms with E-state index in [0.29, 0.717) is 50.6 Å². The molecule has 0 aliphatic rings. The molecule has 5 atom stereocenters. The minimum atomic E-state index is -0.819. The third-order valence-corrected chi connectivity index (χ3v) is 9.85. The molecule has 304 valence electrons. The van der Waals surface area contributed by atoms with Crippen molar-refractivity contribution in [2.24, 2.45) is 23.5 Å². The number of hydrogen-bond donors (Lipinski definition) is 4. The molecule has 2 rings (SSSR count). The molecule has 0 saturated heterocycles. The molecule has 1 unspecified atom stereocenters. The number of carbonyl (C=O) groups is 4. The number of amides is 4. The van der Waals surface area contributed by atoms with Crippen LogP contribution in [0.4, 0.5) is 4.79 Å². The van der Waals surface area contributed by atoms with Crippen molar-refractivity contribution in [2.75, 3.05) is 46.3 Å². The first-order valence-corrected chi connectivity index (χ1v) is 20.1. The van der Waals surface area contributed by atoms with E-state index in [1.807, 2.05) is 49.1 Å². The van der Waals surface area contributed by atoms with Gasteiger partial charge < -0.3 is 34.9 Å². The molecule has 0 aliphatic carbocycles. The molecule has 1 aromatic carbocycles. The number of carbonyl (C=O) groups excluding carboxylic acids is 4. The molecule has 0 aliphatic heterocycles. The van der Waals surface area contributed by atoms with Crippen LogP contribution in [0.2, 0.25) is 0 Å². The van der Waals surface area contributed by atoms with Gasteiger partial charge in [-0.05, 0) is 43.6 Å². The van der Waals surface area contributed by atoms with E-state index < -0.39 is 30.1 Å². The average molecular weight is 777 g/mol. The number of rotatable bonds is 26. The highest BCUT2D eigenvalue weighted by atomic mass is 32.1. The van der Waals surface area contributed by atoms with Crippen LogP contribution in [0.25, 0.3) is 0 Å². The van der Waals surface area contributed by atoms with Gasteiger partial charge in [0.25, 0.3) is 5.91 Å². The zero-order valence-corrected chi connectivity index (χ0v) is 34.1. The lowest BCUT2D eigenvalue weighted by Crippen LogP contribution is -2.46. The molecule has 1 aromatic heterocycles. The lowest BCUT2D eigenvalue weighted by molar-refractivity contribution is -0.144. The summed E-state index contributed by atoms with van der Waals surface area (Å²) in [6.45, 7) is 16.1. The summed E-state index contributed by atoms with van der Waals surface area (Å²) in [6, 6.07) is 9.07. The SMILES string of the molecule is CCCO[C@H](CC(C(C)C)N(COCC)C(=O)C[C@@H](C)CC)c1nc(C(=O)N[C@@H](Cc2ccccc2)C[C@H](C)C(=O)NNC(=O)OCCOCCN)cs1. The summed E-state index contributed by atoms with van der Waals surface area (Å²) in [5.41, 5.74) is 11.2. The van der Waals surface area contributed by atoms with Crippen molar-refractivity contribution in [2.45, 2.75) is 105 Å². The molecule has 15 heteroatoms. The summed E-state index contributed by atoms with van der Waals surface area (Å²) < 4.78 is 22.3. The Labute approximate surface area is 325 Å². The highest BCUT2D eigenvalue weighted by Gasteiger charge is 2.32. The minimum absolute atomic E-state index is 0.00891. The average Bonchev–Trinajstić information content (AvgIpc) is 3.65. The van der Waals surface area contributed by atoms with Crippen LogP contribution in [0.3, 0.4) is 0 Å². The van der Waals surface area contributed by atoms with Crippen LogP contribution >= 0.6 is 11.3 Å². The predicted octanol–water partition coefficient (Wildman–Crippen LogP) is 5.38. The van der Waals surface area contributed by atoms with Gasteiger partial charge in [0.1, 0.15) is 30.1 Å². The second kappa shape index (κ2) is 26.2. The van der Waals surface area contributed by atoms with Crippen LogP contribution in [-0.2, 0) is 35.0 Å². The van der Waals surface area contributed by atoms with Gasteiger partial charge in [0.2, 0.25) is 11.8 Å². The number of benzene rings is 1. The van der Waals surface area contributed by atoms with Gasteiger partial charge in [-0.2, -0.15) is 0 Å². The maximum absolute atomic E-state index is 13.7. The fourth-order valence-corrected chi connectivity index (χ4v) is 6.52. The summed E-state index contributed by atoms with van der Waals surface area (Å²) in [4.78, 5) is 58.8. The summed E-state index contributed by atoms with van der Waals surface area (Å²) in [7, 11) is 0. The Kier molecular flexibility index (Phi) is 22.6. The van der Waals surface area contributed by atoms with Gasteiger partial charge in [-0.15, -0.1) is 11.3 Å². The smallest absolute Gasteiger partial charge is 0.426 e. The number of aromatic nitrogens is 1. The monoisotopic (exact) mass is 776 g/mol. The number of nitrogens with one attached hydrogen (secondary N) is 3. The number of hydrazine groups is 1. The Morgan fingerprint density at radius 1 is 0.926 bits per heavy atom. The standard InChI is InChI=1S/C39H64N6O8S/c1-8-17-52-34(24-33(27(4)5)45(26-50-10-3)35(46)21-28(6)9-2)38-42-32(25-54-38)37(48)41-31(23-30-14-12-11-13-15-30)22-29(7)36(47)43-44-39(49)53-20-19-51-18-16-40/h11-15,25,27-29,31,33-34H,8-10,16-24,26,40H2,1-7H3,(H,41,48)(H,43,47)(H,44,49)/t28-,29-,31+,33?,34+/m0/s1. The van der Waals surface area contributed by atoms with Crippen molar-refractivity contribution in [3.63, 3.8) is 0 Å². The lowest BCUT2D eigenvalue weighted by atomic mass is 9.95. The third-order valence-electron chi connectivity index (χ3n) is 8.91. The van der Waals surface area contributed by atoms with Crippen molar-refractivity contribution in [3.05, 3.63) is 52.0 Å². The number of nitrogens with zero attached hydrogens (tertiary/aromatic N) is 2. The van der Waals surface area contributed by atoms with E-state index >= 15 is 0 Å². The molecule has 14 nitrogen and oxygen atoms in total. The van der Waals surface area contributed by atoms with E-state index in [-0.39, 0.29) is 61.8 Å². The molecule has 0 bridgehead atoms. The second-order valence-corrected chi connectivity index (χ2v) is 14.7. The Hall–Kier alpha value is -3.63. The zero-order chi connectivity index (χ0) is 39.9. The van der Waals surface area contributed by atoms with Crippen LogP contribution in [0.1, 0.15) is 108 Å². The van der Waals surface area contributed by atoms with Gasteiger partial charge in [-0.3, -0.25) is 19.8 Å². The first-order chi connectivity index (χ1) is 25.9. The third kappa shape index (κ3) is 17.2. The molecular weight excluding hydrogens is 713 g/mol. The van der Waals surface area contributed by atoms with E-state index in [9.17, 15) is 19.2 Å². The summed E-state index contributed by atoms with van der Waals surface area (Å²) >= 11 is 1.35. The van der Waals surface area contributed by atoms with Gasteiger partial charge in [0.15, 0.2) is 0 Å². The van der Waals surface area contributed by atoms with Gasteiger partial charge in [0.05, 0.1) is 13.2 Å². The molecule has 0 saturated carbocycles. The minimum Gasteiger partial charge on any atom is -0.446 e. The Balaban J connectivity index is 2.21. The number of ether oxygens (including phenoxy) is 4. The van der Waals surface area contributed by atoms with Crippen LogP contribution in [0.15, 0.2) is 35.7 Å². The highest BCUT2D eigenvalue weighted by molar-refractivity contribution is 7.09. The molecular formula is C39H64N6O8S. The first-order valence-electron chi connectivity index (χ1n) is 19.2. The molecule has 0 spiro atoms. The van der Waals surface area contributed by atoms with Crippen LogP contribution < -0.4 is 21.9 Å². The predicted molar refractivity (Wildman–Crippen MR) is 209 cm³/mol. The van der Waals surface area contributed by atoms with E-state index in [4.69, 9.17) is 29.7 Å². The Morgan fingerprint density at radius 2 is 1.67 bits per heavy atom. The van der Waals surface area contributed by atoms with Crippen LogP contribution in [-0.4, -0.2) is 92.1 Å². The lowest BCUT2D eigenvalue weighted by Gasteiger charge is -2.36. The highest BCUT2D eigenvalue weighted by Crippen LogP contribution is 2.31. The van der Waals surface area contributed by atoms with Crippen molar-refractivity contribution in [1.82, 2.24) is 26.1 Å². The normalized spacial score (nSPS) is 14.1. The van der Waals surface area contributed by atoms with Gasteiger partial charge in [0, 0.05) is 56.0 Å². The van der Waals surface area contributed by atoms with E-state index in [1.54, 1.807) is 12.3 Å². The van der Waals surface area contributed by atoms with Crippen LogP contribution in [0.5, 0.6) is 0 Å². The van der Waals surface area contributed by atoms with E-state index in [0.717, 1.165) is 18.4 Å². The second-order valence-electron chi connectivity index (χ2n) is 13.8. The fourth-order valence-electron chi connectivity index (χ4n) is 5.66. The fraction of sp³-hybridized carbons (Fsp3) is 0.667.